The molecule has 0 atom stereocenters. The van der Waals surface area contributed by atoms with Crippen molar-refractivity contribution >= 4 is 26.7 Å². The third-order valence-corrected chi connectivity index (χ3v) is 6.39. The molecule has 0 amide bonds. The van der Waals surface area contributed by atoms with Crippen molar-refractivity contribution in [2.45, 2.75) is 24.5 Å². The van der Waals surface area contributed by atoms with E-state index in [1.165, 1.54) is 30.3 Å². The van der Waals surface area contributed by atoms with Crippen LogP contribution in [0.25, 0.3) is 22.2 Å². The first kappa shape index (κ1) is 26.3. The lowest BCUT2D eigenvalue weighted by atomic mass is 10.0. The topological polar surface area (TPSA) is 84.1 Å². The first-order valence-electron chi connectivity index (χ1n) is 10.8. The monoisotopic (exact) mass is 543 g/mol. The van der Waals surface area contributed by atoms with Crippen molar-refractivity contribution in [3.63, 3.8) is 0 Å². The highest BCUT2D eigenvalue weighted by molar-refractivity contribution is 7.93. The number of aromatic amines is 1. The van der Waals surface area contributed by atoms with Crippen LogP contribution in [0.15, 0.2) is 66.7 Å². The maximum absolute atomic E-state index is 12.8. The van der Waals surface area contributed by atoms with E-state index in [9.17, 15) is 34.8 Å². The molecule has 3 aromatic carbocycles. The van der Waals surface area contributed by atoms with E-state index in [-0.39, 0.29) is 17.0 Å². The summed E-state index contributed by atoms with van der Waals surface area (Å²) in [5, 5.41) is 0. The molecule has 196 valence electrons. The molecule has 0 aliphatic heterocycles. The number of para-hydroxylation sites is 1. The van der Waals surface area contributed by atoms with Crippen molar-refractivity contribution in [3.05, 3.63) is 78.1 Å². The van der Waals surface area contributed by atoms with Crippen molar-refractivity contribution < 1.29 is 39.5 Å². The molecule has 2 N–H and O–H groups in total. The van der Waals surface area contributed by atoms with E-state index in [4.69, 9.17) is 4.74 Å². The molecule has 4 aromatic rings. The van der Waals surface area contributed by atoms with Gasteiger partial charge in [-0.15, -0.1) is 0 Å². The van der Waals surface area contributed by atoms with Crippen molar-refractivity contribution in [1.82, 2.24) is 9.97 Å². The molecule has 0 unspecified atom stereocenters. The van der Waals surface area contributed by atoms with E-state index < -0.39 is 28.3 Å². The highest BCUT2D eigenvalue weighted by Gasteiger charge is 2.46. The predicted molar refractivity (Wildman–Crippen MR) is 126 cm³/mol. The van der Waals surface area contributed by atoms with E-state index in [1.54, 1.807) is 41.1 Å². The molecule has 0 saturated carbocycles. The molecule has 1 aromatic heterocycles. The average Bonchev–Trinajstić information content (AvgIpc) is 3.23. The molecular formula is C24H19F6N3O3S. The number of benzene rings is 3. The summed E-state index contributed by atoms with van der Waals surface area (Å²) in [7, 11) is -5.59. The van der Waals surface area contributed by atoms with E-state index in [2.05, 4.69) is 9.97 Å². The molecular weight excluding hydrogens is 524 g/mol. The summed E-state index contributed by atoms with van der Waals surface area (Å²) < 4.78 is 105. The van der Waals surface area contributed by atoms with Gasteiger partial charge >= 0.3 is 21.7 Å². The van der Waals surface area contributed by atoms with Crippen LogP contribution < -0.4 is 9.46 Å². The first-order chi connectivity index (χ1) is 17.3. The number of aryl methyl sites for hydroxylation is 2. The number of aromatic nitrogens is 2. The molecule has 6 nitrogen and oxygen atoms in total. The minimum atomic E-state index is -5.59. The second-order valence-electron chi connectivity index (χ2n) is 8.06. The van der Waals surface area contributed by atoms with Crippen LogP contribution in [0, 0.1) is 0 Å². The molecule has 0 saturated heterocycles. The summed E-state index contributed by atoms with van der Waals surface area (Å²) >= 11 is 0. The maximum Gasteiger partial charge on any atom is 0.516 e. The number of nitrogens with one attached hydrogen (secondary N) is 2. The van der Waals surface area contributed by atoms with Gasteiger partial charge in [0.15, 0.2) is 6.61 Å². The fourth-order valence-electron chi connectivity index (χ4n) is 3.56. The summed E-state index contributed by atoms with van der Waals surface area (Å²) in [5.74, 6) is 0.728. The van der Waals surface area contributed by atoms with Crippen LogP contribution in [0.3, 0.4) is 0 Å². The van der Waals surface area contributed by atoms with Crippen LogP contribution in [-0.4, -0.2) is 36.7 Å². The lowest BCUT2D eigenvalue weighted by Gasteiger charge is -2.14. The number of fused-ring (bicyclic) bond motifs is 1. The van der Waals surface area contributed by atoms with Gasteiger partial charge in [-0.05, 0) is 47.9 Å². The second-order valence-corrected chi connectivity index (χ2v) is 9.73. The van der Waals surface area contributed by atoms with Gasteiger partial charge in [0.05, 0.1) is 16.7 Å². The van der Waals surface area contributed by atoms with Gasteiger partial charge in [0.1, 0.15) is 11.6 Å². The Bertz CT molecular complexity index is 1500. The van der Waals surface area contributed by atoms with E-state index in [0.29, 0.717) is 35.3 Å². The molecule has 0 bridgehead atoms. The number of hydrogen-bond donors (Lipinski definition) is 2. The van der Waals surface area contributed by atoms with Crippen molar-refractivity contribution in [1.29, 1.82) is 0 Å². The number of H-pyrrole nitrogens is 1. The number of nitrogens with zero attached hydrogens (tertiary/aromatic N) is 1. The van der Waals surface area contributed by atoms with Gasteiger partial charge in [0.2, 0.25) is 0 Å². The summed E-state index contributed by atoms with van der Waals surface area (Å²) in [4.78, 5) is 7.62. The highest BCUT2D eigenvalue weighted by Crippen LogP contribution is 2.33. The molecule has 0 spiro atoms. The van der Waals surface area contributed by atoms with E-state index in [1.807, 2.05) is 0 Å². The van der Waals surface area contributed by atoms with Gasteiger partial charge in [-0.25, -0.2) is 4.98 Å². The molecule has 4 rings (SSSR count). The molecule has 1 heterocycles. The predicted octanol–water partition coefficient (Wildman–Crippen LogP) is 6.22. The quantitative estimate of drug-likeness (QED) is 0.259. The smallest absolute Gasteiger partial charge is 0.484 e. The van der Waals surface area contributed by atoms with Crippen LogP contribution in [-0.2, 0) is 22.9 Å². The molecule has 0 radical (unpaired) electrons. The Hall–Kier alpha value is -3.74. The molecule has 0 aliphatic carbocycles. The maximum atomic E-state index is 12.8. The van der Waals surface area contributed by atoms with Gasteiger partial charge in [0.25, 0.3) is 0 Å². The van der Waals surface area contributed by atoms with Crippen LogP contribution in [0.4, 0.5) is 32.0 Å². The zero-order valence-corrected chi connectivity index (χ0v) is 19.6. The average molecular weight is 543 g/mol. The molecule has 13 heteroatoms. The van der Waals surface area contributed by atoms with Gasteiger partial charge < -0.3 is 9.72 Å². The van der Waals surface area contributed by atoms with Crippen LogP contribution in [0.2, 0.25) is 0 Å². The number of anilines is 1. The Balaban J connectivity index is 1.48. The molecule has 0 aliphatic rings. The number of hydrogen-bond acceptors (Lipinski definition) is 4. The van der Waals surface area contributed by atoms with Gasteiger partial charge in [0, 0.05) is 12.0 Å². The number of alkyl halides is 6. The third kappa shape index (κ3) is 6.53. The molecule has 37 heavy (non-hydrogen) atoms. The summed E-state index contributed by atoms with van der Waals surface area (Å²) in [5.41, 5.74) is -2.91. The van der Waals surface area contributed by atoms with Gasteiger partial charge in [-0.3, -0.25) is 4.72 Å². The van der Waals surface area contributed by atoms with E-state index in [0.717, 1.165) is 5.56 Å². The SMILES string of the molecule is O=S(=O)(Nc1ccccc1-c1ccc2nc(CCc3ccc(OCC(F)(F)F)cc3)[nH]c2c1)C(F)(F)F. The van der Waals surface area contributed by atoms with Crippen molar-refractivity contribution in [2.75, 3.05) is 11.3 Å². The Morgan fingerprint density at radius 1 is 0.892 bits per heavy atom. The minimum Gasteiger partial charge on any atom is -0.484 e. The first-order valence-corrected chi connectivity index (χ1v) is 12.2. The van der Waals surface area contributed by atoms with Gasteiger partial charge in [-0.1, -0.05) is 36.4 Å². The zero-order valence-electron chi connectivity index (χ0n) is 18.8. The van der Waals surface area contributed by atoms with Crippen LogP contribution in [0.1, 0.15) is 11.4 Å². The lowest BCUT2D eigenvalue weighted by Crippen LogP contribution is -2.30. The Morgan fingerprint density at radius 3 is 2.27 bits per heavy atom. The second kappa shape index (κ2) is 9.96. The highest BCUT2D eigenvalue weighted by atomic mass is 32.2. The van der Waals surface area contributed by atoms with Gasteiger partial charge in [-0.2, -0.15) is 34.8 Å². The zero-order chi connectivity index (χ0) is 26.8. The Labute approximate surface area is 207 Å². The lowest BCUT2D eigenvalue weighted by molar-refractivity contribution is -0.153. The van der Waals surface area contributed by atoms with E-state index >= 15 is 0 Å². The summed E-state index contributed by atoms with van der Waals surface area (Å²) in [6, 6.07) is 16.9. The van der Waals surface area contributed by atoms with Crippen LogP contribution >= 0.6 is 0 Å². The number of rotatable bonds is 8. The number of halogens is 6. The summed E-state index contributed by atoms with van der Waals surface area (Å²) in [6.45, 7) is -1.37. The standard InChI is InChI=1S/C24H19F6N3O3S/c25-23(26,27)14-36-17-9-5-15(6-10-17)7-12-22-31-20-11-8-16(13-21(20)32-22)18-3-1-2-4-19(18)33-37(34,35)24(28,29)30/h1-6,8-11,13,33H,7,12,14H2,(H,31,32). The van der Waals surface area contributed by atoms with Crippen molar-refractivity contribution in [3.8, 4) is 16.9 Å². The fraction of sp³-hybridized carbons (Fsp3) is 0.208. The summed E-state index contributed by atoms with van der Waals surface area (Å²) in [6.07, 6.45) is -3.40. The number of imidazole rings is 1. The third-order valence-electron chi connectivity index (χ3n) is 5.29. The van der Waals surface area contributed by atoms with Crippen molar-refractivity contribution in [2.24, 2.45) is 0 Å². The minimum absolute atomic E-state index is 0.107. The molecule has 0 fully saturated rings. The normalized spacial score (nSPS) is 12.6. The van der Waals surface area contributed by atoms with Crippen LogP contribution in [0.5, 0.6) is 5.75 Å². The Kier molecular flexibility index (Phi) is 7.09. The largest absolute Gasteiger partial charge is 0.516 e. The number of ether oxygens (including phenoxy) is 1. The number of sulfonamides is 1. The Morgan fingerprint density at radius 2 is 1.59 bits per heavy atom. The fourth-order valence-corrected chi connectivity index (χ4v) is 4.14.